The quantitative estimate of drug-likeness (QED) is 0.504. The van der Waals surface area contributed by atoms with E-state index in [1.165, 1.54) is 18.5 Å². The topological polar surface area (TPSA) is 96.7 Å². The maximum absolute atomic E-state index is 13.4. The number of aliphatic imine (C=N–C) groups is 1. The van der Waals surface area contributed by atoms with Crippen molar-refractivity contribution >= 4 is 28.4 Å². The Kier molecular flexibility index (Phi) is 7.73. The van der Waals surface area contributed by atoms with Crippen LogP contribution < -0.4 is 16.4 Å². The number of anilines is 2. The van der Waals surface area contributed by atoms with Gasteiger partial charge < -0.3 is 16.4 Å². The van der Waals surface area contributed by atoms with Crippen LogP contribution in [0.25, 0.3) is 11.1 Å². The summed E-state index contributed by atoms with van der Waals surface area (Å²) in [5.74, 6) is 0.803. The van der Waals surface area contributed by atoms with Crippen molar-refractivity contribution < 1.29 is 4.39 Å². The van der Waals surface area contributed by atoms with Crippen molar-refractivity contribution in [2.24, 2.45) is 10.7 Å². The molecule has 0 amide bonds. The van der Waals surface area contributed by atoms with Crippen molar-refractivity contribution in [2.75, 3.05) is 43.4 Å². The Morgan fingerprint density at radius 3 is 2.52 bits per heavy atom. The van der Waals surface area contributed by atoms with Crippen LogP contribution in [0.3, 0.4) is 0 Å². The van der Waals surface area contributed by atoms with Crippen molar-refractivity contribution in [1.82, 2.24) is 14.9 Å². The molecule has 1 atom stereocenters. The van der Waals surface area contributed by atoms with Crippen LogP contribution in [0, 0.1) is 5.82 Å². The van der Waals surface area contributed by atoms with E-state index in [9.17, 15) is 4.39 Å². The lowest BCUT2D eigenvalue weighted by Gasteiger charge is -2.40. The summed E-state index contributed by atoms with van der Waals surface area (Å²) in [5.41, 5.74) is 14.7. The summed E-state index contributed by atoms with van der Waals surface area (Å²) in [7, 11) is 0. The first-order chi connectivity index (χ1) is 14.9. The van der Waals surface area contributed by atoms with Gasteiger partial charge in [0.05, 0.1) is 5.56 Å². The lowest BCUT2D eigenvalue weighted by atomic mass is 10.0. The van der Waals surface area contributed by atoms with Crippen LogP contribution in [0.5, 0.6) is 0 Å². The zero-order chi connectivity index (χ0) is 22.4. The van der Waals surface area contributed by atoms with Gasteiger partial charge in [-0.05, 0) is 30.2 Å². The van der Waals surface area contributed by atoms with Gasteiger partial charge in [0, 0.05) is 45.0 Å². The monoisotopic (exact) mass is 443 g/mol. The standard InChI is InChI=1S/C22H27ClFN7/c1-3-16(13-27-15(2)23)19(12-25)30-8-10-31(11-9-30)22-20(21(26)28-14-29-22)17-4-6-18(24)7-5-17/h3-7,13-14,19H,1,8-12,25H2,2H3,(H2,26,28,29)/b16-13+,27-15+. The molecule has 0 bridgehead atoms. The number of nitrogens with two attached hydrogens (primary N) is 2. The molecule has 0 saturated carbocycles. The lowest BCUT2D eigenvalue weighted by Crippen LogP contribution is -2.53. The summed E-state index contributed by atoms with van der Waals surface area (Å²) in [4.78, 5) is 17.3. The molecule has 1 fully saturated rings. The van der Waals surface area contributed by atoms with Crippen LogP contribution >= 0.6 is 11.6 Å². The highest BCUT2D eigenvalue weighted by Crippen LogP contribution is 2.33. The van der Waals surface area contributed by atoms with Gasteiger partial charge in [-0.25, -0.2) is 19.4 Å². The molecule has 1 unspecified atom stereocenters. The van der Waals surface area contributed by atoms with E-state index < -0.39 is 0 Å². The summed E-state index contributed by atoms with van der Waals surface area (Å²) >= 11 is 5.86. The summed E-state index contributed by atoms with van der Waals surface area (Å²) in [6, 6.07) is 6.18. The zero-order valence-electron chi connectivity index (χ0n) is 17.5. The number of benzene rings is 1. The first kappa shape index (κ1) is 22.9. The predicted octanol–water partition coefficient (Wildman–Crippen LogP) is 3.04. The van der Waals surface area contributed by atoms with Gasteiger partial charge in [0.15, 0.2) is 0 Å². The Morgan fingerprint density at radius 1 is 1.26 bits per heavy atom. The molecule has 0 spiro atoms. The number of hydrogen-bond donors (Lipinski definition) is 2. The van der Waals surface area contributed by atoms with Crippen molar-refractivity contribution in [1.29, 1.82) is 0 Å². The number of piperazine rings is 1. The van der Waals surface area contributed by atoms with Crippen molar-refractivity contribution in [3.8, 4) is 11.1 Å². The maximum atomic E-state index is 13.4. The number of aromatic nitrogens is 2. The molecule has 0 aliphatic carbocycles. The van der Waals surface area contributed by atoms with Gasteiger partial charge in [-0.2, -0.15) is 0 Å². The summed E-state index contributed by atoms with van der Waals surface area (Å²) < 4.78 is 13.4. The second kappa shape index (κ2) is 10.5. The van der Waals surface area contributed by atoms with E-state index in [1.807, 2.05) is 0 Å². The predicted molar refractivity (Wildman–Crippen MR) is 126 cm³/mol. The highest BCUT2D eigenvalue weighted by atomic mass is 35.5. The Balaban J connectivity index is 1.80. The molecule has 3 rings (SSSR count). The van der Waals surface area contributed by atoms with E-state index in [2.05, 4.69) is 31.3 Å². The third-order valence-corrected chi connectivity index (χ3v) is 5.38. The molecule has 164 valence electrons. The van der Waals surface area contributed by atoms with Crippen molar-refractivity contribution in [2.45, 2.75) is 13.0 Å². The van der Waals surface area contributed by atoms with Crippen LogP contribution in [-0.2, 0) is 0 Å². The van der Waals surface area contributed by atoms with Gasteiger partial charge in [0.25, 0.3) is 0 Å². The van der Waals surface area contributed by atoms with E-state index in [0.29, 0.717) is 23.1 Å². The smallest absolute Gasteiger partial charge is 0.142 e. The van der Waals surface area contributed by atoms with Crippen LogP contribution in [0.2, 0.25) is 0 Å². The van der Waals surface area contributed by atoms with E-state index in [-0.39, 0.29) is 11.9 Å². The fourth-order valence-corrected chi connectivity index (χ4v) is 3.75. The molecule has 0 radical (unpaired) electrons. The molecular formula is C22H27ClFN7. The van der Waals surface area contributed by atoms with Gasteiger partial charge in [-0.3, -0.25) is 4.90 Å². The first-order valence-corrected chi connectivity index (χ1v) is 10.4. The Hall–Kier alpha value is -2.81. The average Bonchev–Trinajstić information content (AvgIpc) is 2.77. The number of rotatable bonds is 7. The van der Waals surface area contributed by atoms with Crippen LogP contribution in [0.4, 0.5) is 16.0 Å². The first-order valence-electron chi connectivity index (χ1n) is 10.0. The van der Waals surface area contributed by atoms with Gasteiger partial charge in [-0.15, -0.1) is 0 Å². The third-order valence-electron chi connectivity index (χ3n) is 5.28. The number of halogens is 2. The van der Waals surface area contributed by atoms with Crippen molar-refractivity contribution in [3.63, 3.8) is 0 Å². The molecule has 31 heavy (non-hydrogen) atoms. The minimum atomic E-state index is -0.304. The van der Waals surface area contributed by atoms with E-state index in [4.69, 9.17) is 23.1 Å². The van der Waals surface area contributed by atoms with Crippen LogP contribution in [0.1, 0.15) is 6.92 Å². The minimum Gasteiger partial charge on any atom is -0.383 e. The number of nitrogens with zero attached hydrogens (tertiary/aromatic N) is 5. The molecule has 2 aromatic rings. The van der Waals surface area contributed by atoms with Gasteiger partial charge in [0.2, 0.25) is 0 Å². The molecule has 1 aliphatic heterocycles. The molecule has 4 N–H and O–H groups in total. The number of nitrogen functional groups attached to an aromatic ring is 1. The maximum Gasteiger partial charge on any atom is 0.142 e. The Morgan fingerprint density at radius 2 is 1.94 bits per heavy atom. The Labute approximate surface area is 186 Å². The minimum absolute atomic E-state index is 0.00791. The molecule has 1 aromatic heterocycles. The summed E-state index contributed by atoms with van der Waals surface area (Å²) in [6.45, 7) is 9.04. The number of hydrogen-bond acceptors (Lipinski definition) is 7. The van der Waals surface area contributed by atoms with Gasteiger partial charge >= 0.3 is 0 Å². The van der Waals surface area contributed by atoms with E-state index >= 15 is 0 Å². The molecule has 2 heterocycles. The summed E-state index contributed by atoms with van der Waals surface area (Å²) in [5, 5.41) is 0.453. The van der Waals surface area contributed by atoms with E-state index in [0.717, 1.165) is 43.1 Å². The fourth-order valence-electron chi connectivity index (χ4n) is 3.70. The molecular weight excluding hydrogens is 417 g/mol. The van der Waals surface area contributed by atoms with Crippen LogP contribution in [0.15, 0.2) is 60.0 Å². The fraction of sp³-hybridized carbons (Fsp3) is 0.318. The Bertz CT molecular complexity index is 962. The summed E-state index contributed by atoms with van der Waals surface area (Å²) in [6.07, 6.45) is 4.94. The second-order valence-electron chi connectivity index (χ2n) is 7.20. The highest BCUT2D eigenvalue weighted by Gasteiger charge is 2.27. The largest absolute Gasteiger partial charge is 0.383 e. The average molecular weight is 444 g/mol. The molecule has 1 aromatic carbocycles. The second-order valence-corrected chi connectivity index (χ2v) is 7.75. The molecule has 1 saturated heterocycles. The highest BCUT2D eigenvalue weighted by molar-refractivity contribution is 6.64. The molecule has 7 nitrogen and oxygen atoms in total. The van der Waals surface area contributed by atoms with Crippen molar-refractivity contribution in [3.05, 3.63) is 60.8 Å². The lowest BCUT2D eigenvalue weighted by molar-refractivity contribution is 0.213. The molecule has 9 heteroatoms. The zero-order valence-corrected chi connectivity index (χ0v) is 18.3. The SMILES string of the molecule is C=C/C(=C\N=C(/C)Cl)C(CN)N1CCN(c2ncnc(N)c2-c2ccc(F)cc2)CC1. The third kappa shape index (κ3) is 5.46. The van der Waals surface area contributed by atoms with Crippen LogP contribution in [-0.4, -0.2) is 58.8 Å². The van der Waals surface area contributed by atoms with Gasteiger partial charge in [0.1, 0.15) is 29.0 Å². The normalized spacial score (nSPS) is 17.0. The molecule has 1 aliphatic rings. The van der Waals surface area contributed by atoms with E-state index in [1.54, 1.807) is 31.3 Å². The van der Waals surface area contributed by atoms with Gasteiger partial charge in [-0.1, -0.05) is 36.4 Å².